The molecule has 0 N–H and O–H groups in total. The van der Waals surface area contributed by atoms with E-state index in [1.54, 1.807) is 0 Å². The third-order valence-electron chi connectivity index (χ3n) is 14.9. The molecule has 4 aliphatic rings. The Kier molecular flexibility index (Phi) is 10.6. The van der Waals surface area contributed by atoms with Crippen LogP contribution in [0.3, 0.4) is 0 Å². The molecule has 2 atom stereocenters. The second-order valence-corrected chi connectivity index (χ2v) is 18.9. The Balaban J connectivity index is 0.907. The van der Waals surface area contributed by atoms with Crippen LogP contribution in [0.4, 0.5) is 39.8 Å². The number of aromatic nitrogens is 1. The van der Waals surface area contributed by atoms with Crippen molar-refractivity contribution in [3.8, 4) is 23.3 Å². The maximum atomic E-state index is 9.82. The Morgan fingerprint density at radius 3 is 1.79 bits per heavy atom. The zero-order chi connectivity index (χ0) is 48.1. The SMILES string of the molecule is N#Cc1ccc(N(c2ccc(-c3cccc4c(N(c5ccc(C#N)cc5)c5ccc6c(c5)C5C=CC=CC5N6C5=CC=CCC5)cccc34)cc2)c2ccc3c(c2)c2ccccc2n3C2=CC=CCC2)cc1. The topological polar surface area (TPSA) is 62.2 Å². The predicted octanol–water partition coefficient (Wildman–Crippen LogP) is 17.1. The fraction of sp³-hybridized carbons (Fsp3) is 0.0909. The molecule has 8 aromatic carbocycles. The van der Waals surface area contributed by atoms with Gasteiger partial charge in [-0.15, -0.1) is 0 Å². The molecule has 1 aliphatic heterocycles. The molecule has 0 bridgehead atoms. The minimum absolute atomic E-state index is 0.223. The van der Waals surface area contributed by atoms with Crippen LogP contribution in [0.15, 0.2) is 236 Å². The van der Waals surface area contributed by atoms with Crippen LogP contribution in [-0.4, -0.2) is 10.6 Å². The summed E-state index contributed by atoms with van der Waals surface area (Å²) in [5.41, 5.74) is 17.2. The normalized spacial score (nSPS) is 16.6. The van der Waals surface area contributed by atoms with E-state index in [9.17, 15) is 10.5 Å². The van der Waals surface area contributed by atoms with E-state index in [1.165, 1.54) is 44.5 Å². The molecule has 0 spiro atoms. The highest BCUT2D eigenvalue weighted by Gasteiger charge is 2.38. The van der Waals surface area contributed by atoms with Crippen molar-refractivity contribution >= 4 is 78.1 Å². The van der Waals surface area contributed by atoms with E-state index in [0.29, 0.717) is 11.1 Å². The van der Waals surface area contributed by atoms with E-state index in [4.69, 9.17) is 0 Å². The van der Waals surface area contributed by atoms with Gasteiger partial charge in [-0.2, -0.15) is 10.5 Å². The number of nitriles is 2. The molecule has 13 rings (SSSR count). The molecule has 2 heterocycles. The summed E-state index contributed by atoms with van der Waals surface area (Å²) < 4.78 is 2.42. The van der Waals surface area contributed by atoms with Crippen LogP contribution in [0.25, 0.3) is 49.4 Å². The molecule has 0 saturated heterocycles. The minimum Gasteiger partial charge on any atom is -0.337 e. The largest absolute Gasteiger partial charge is 0.337 e. The number of allylic oxidation sites excluding steroid dienone is 10. The molecule has 0 fully saturated rings. The molecule has 72 heavy (non-hydrogen) atoms. The van der Waals surface area contributed by atoms with Gasteiger partial charge in [-0.1, -0.05) is 109 Å². The van der Waals surface area contributed by atoms with Crippen molar-refractivity contribution in [1.82, 2.24) is 4.57 Å². The van der Waals surface area contributed by atoms with Gasteiger partial charge in [0.25, 0.3) is 0 Å². The smallest absolute Gasteiger partial charge is 0.0991 e. The number of hydrogen-bond acceptors (Lipinski definition) is 5. The van der Waals surface area contributed by atoms with Crippen LogP contribution in [0.5, 0.6) is 0 Å². The number of benzene rings is 8. The lowest BCUT2D eigenvalue weighted by molar-refractivity contribution is 0.701. The first-order chi connectivity index (χ1) is 35.6. The molecule has 2 unspecified atom stereocenters. The van der Waals surface area contributed by atoms with Crippen molar-refractivity contribution in [2.45, 2.75) is 37.6 Å². The van der Waals surface area contributed by atoms with E-state index >= 15 is 0 Å². The maximum absolute atomic E-state index is 9.82. The van der Waals surface area contributed by atoms with Crippen molar-refractivity contribution in [3.63, 3.8) is 0 Å². The first kappa shape index (κ1) is 42.7. The lowest BCUT2D eigenvalue weighted by Crippen LogP contribution is -2.32. The van der Waals surface area contributed by atoms with Gasteiger partial charge in [0, 0.05) is 67.6 Å². The second kappa shape index (κ2) is 17.9. The fourth-order valence-electron chi connectivity index (χ4n) is 11.6. The van der Waals surface area contributed by atoms with E-state index in [2.05, 4.69) is 226 Å². The van der Waals surface area contributed by atoms with Gasteiger partial charge in [0.15, 0.2) is 0 Å². The van der Waals surface area contributed by atoms with Crippen molar-refractivity contribution in [1.29, 1.82) is 10.5 Å². The highest BCUT2D eigenvalue weighted by molar-refractivity contribution is 6.12. The van der Waals surface area contributed by atoms with Gasteiger partial charge in [-0.3, -0.25) is 0 Å². The Bertz CT molecular complexity index is 3900. The molecule has 0 saturated carbocycles. The van der Waals surface area contributed by atoms with Crippen LogP contribution < -0.4 is 14.7 Å². The Morgan fingerprint density at radius 2 is 1.07 bits per heavy atom. The molecular weight excluding hydrogens is 877 g/mol. The number of para-hydroxylation sites is 1. The fourth-order valence-corrected chi connectivity index (χ4v) is 11.6. The van der Waals surface area contributed by atoms with Crippen molar-refractivity contribution in [2.75, 3.05) is 14.7 Å². The summed E-state index contributed by atoms with van der Waals surface area (Å²) in [6.45, 7) is 0. The number of rotatable bonds is 9. The maximum Gasteiger partial charge on any atom is 0.0991 e. The standard InChI is InChI=1S/C66H48N6/c67-43-45-25-31-50(32-26-45)69(53-37-39-65-60(41-53)58-17-7-9-22-63(58)71(65)48-13-3-1-4-14-48)51-35-29-47(30-36-51)55-19-11-21-57-56(55)20-12-24-62(57)70(52-33-27-46(44-68)28-34-52)54-38-40-66-61(42-54)59-18-8-10-23-64(59)72(66)49-15-5-2-6-16-49/h1-3,5,7-13,15,17-42,59,64H,4,6,14,16H2. The Morgan fingerprint density at radius 1 is 0.472 bits per heavy atom. The zero-order valence-corrected chi connectivity index (χ0v) is 39.6. The average molecular weight is 925 g/mol. The number of nitrogens with zero attached hydrogens (tertiary/aromatic N) is 6. The minimum atomic E-state index is 0.223. The average Bonchev–Trinajstić information content (AvgIpc) is 3.96. The monoisotopic (exact) mass is 924 g/mol. The van der Waals surface area contributed by atoms with E-state index in [0.717, 1.165) is 81.7 Å². The quantitative estimate of drug-likeness (QED) is 0.144. The summed E-state index contributed by atoms with van der Waals surface area (Å²) in [7, 11) is 0. The molecule has 1 aromatic heterocycles. The summed E-state index contributed by atoms with van der Waals surface area (Å²) >= 11 is 0. The van der Waals surface area contributed by atoms with Crippen molar-refractivity contribution in [2.24, 2.45) is 0 Å². The molecule has 3 aliphatic carbocycles. The van der Waals surface area contributed by atoms with Gasteiger partial charge < -0.3 is 19.3 Å². The van der Waals surface area contributed by atoms with Gasteiger partial charge >= 0.3 is 0 Å². The summed E-state index contributed by atoms with van der Waals surface area (Å²) in [5.74, 6) is 0.223. The van der Waals surface area contributed by atoms with Crippen molar-refractivity contribution < 1.29 is 0 Å². The van der Waals surface area contributed by atoms with Crippen LogP contribution in [-0.2, 0) is 0 Å². The van der Waals surface area contributed by atoms with Gasteiger partial charge in [0.2, 0.25) is 0 Å². The molecule has 9 aromatic rings. The van der Waals surface area contributed by atoms with E-state index in [1.807, 2.05) is 36.4 Å². The van der Waals surface area contributed by atoms with Gasteiger partial charge in [0.1, 0.15) is 0 Å². The zero-order valence-electron chi connectivity index (χ0n) is 39.6. The number of anilines is 7. The van der Waals surface area contributed by atoms with Crippen LogP contribution in [0, 0.1) is 22.7 Å². The van der Waals surface area contributed by atoms with E-state index < -0.39 is 0 Å². The lowest BCUT2D eigenvalue weighted by atomic mass is 9.91. The first-order valence-corrected chi connectivity index (χ1v) is 24.9. The third kappa shape index (κ3) is 7.24. The van der Waals surface area contributed by atoms with E-state index in [-0.39, 0.29) is 12.0 Å². The summed E-state index contributed by atoms with van der Waals surface area (Å²) in [6, 6.07) is 65.2. The van der Waals surface area contributed by atoms with Crippen LogP contribution in [0.1, 0.15) is 48.3 Å². The molecule has 0 radical (unpaired) electrons. The molecule has 0 amide bonds. The highest BCUT2D eigenvalue weighted by atomic mass is 15.2. The highest BCUT2D eigenvalue weighted by Crippen LogP contribution is 2.50. The molecule has 6 heteroatoms. The lowest BCUT2D eigenvalue weighted by Gasteiger charge is -2.31. The number of hydrogen-bond donors (Lipinski definition) is 0. The van der Waals surface area contributed by atoms with Crippen molar-refractivity contribution in [3.05, 3.63) is 253 Å². The summed E-state index contributed by atoms with van der Waals surface area (Å²) in [5, 5.41) is 24.2. The molecular formula is C66H48N6. The predicted molar refractivity (Wildman–Crippen MR) is 298 cm³/mol. The van der Waals surface area contributed by atoms with Gasteiger partial charge in [-0.05, 0) is 169 Å². The van der Waals surface area contributed by atoms with Gasteiger partial charge in [-0.25, -0.2) is 0 Å². The Labute approximate surface area is 419 Å². The third-order valence-corrected chi connectivity index (χ3v) is 14.9. The second-order valence-electron chi connectivity index (χ2n) is 18.9. The Hall–Kier alpha value is -9.36. The molecule has 342 valence electrons. The summed E-state index contributed by atoms with van der Waals surface area (Å²) in [6.07, 6.45) is 26.5. The number of fused-ring (bicyclic) bond motifs is 7. The molecule has 6 nitrogen and oxygen atoms in total. The van der Waals surface area contributed by atoms with Gasteiger partial charge in [0.05, 0.1) is 46.0 Å². The first-order valence-electron chi connectivity index (χ1n) is 24.9. The van der Waals surface area contributed by atoms with Crippen LogP contribution >= 0.6 is 0 Å². The summed E-state index contributed by atoms with van der Waals surface area (Å²) in [4.78, 5) is 7.19. The van der Waals surface area contributed by atoms with Crippen LogP contribution in [0.2, 0.25) is 0 Å².